The zero-order chi connectivity index (χ0) is 14.5. The van der Waals surface area contributed by atoms with Crippen LogP contribution in [0.5, 0.6) is 0 Å². The van der Waals surface area contributed by atoms with Crippen molar-refractivity contribution in [1.29, 1.82) is 0 Å². The lowest BCUT2D eigenvalue weighted by atomic mass is 10.1. The fourth-order valence-electron chi connectivity index (χ4n) is 1.73. The van der Waals surface area contributed by atoms with Crippen LogP contribution in [-0.2, 0) is 5.67 Å². The molecule has 0 saturated heterocycles. The van der Waals surface area contributed by atoms with E-state index in [1.165, 1.54) is 13.8 Å². The lowest BCUT2D eigenvalue weighted by Gasteiger charge is -2.18. The summed E-state index contributed by atoms with van der Waals surface area (Å²) < 4.78 is 13.9. The number of nitrogens with one attached hydrogen (secondary N) is 1. The molecule has 0 amide bonds. The van der Waals surface area contributed by atoms with Gasteiger partial charge in [-0.15, -0.1) is 0 Å². The Hall–Kier alpha value is -1.46. The summed E-state index contributed by atoms with van der Waals surface area (Å²) in [4.78, 5) is 12.0. The molecule has 0 aliphatic heterocycles. The summed E-state index contributed by atoms with van der Waals surface area (Å²) in [5.41, 5.74) is 3.98. The number of aromatic nitrogens is 3. The first-order chi connectivity index (χ1) is 8.86. The number of anilines is 2. The summed E-state index contributed by atoms with van der Waals surface area (Å²) in [5.74, 6) is 0.465. The Balaban J connectivity index is 2.85. The van der Waals surface area contributed by atoms with Gasteiger partial charge in [-0.3, -0.25) is 0 Å². The fraction of sp³-hybridized carbons (Fsp3) is 0.769. The molecule has 0 bridgehead atoms. The molecule has 0 radical (unpaired) electrons. The average Bonchev–Trinajstić information content (AvgIpc) is 2.32. The first kappa shape index (κ1) is 15.6. The van der Waals surface area contributed by atoms with Crippen LogP contribution >= 0.6 is 0 Å². The molecular weight excluding hydrogens is 245 g/mol. The van der Waals surface area contributed by atoms with Crippen molar-refractivity contribution in [2.45, 2.75) is 65.1 Å². The van der Waals surface area contributed by atoms with Crippen molar-refractivity contribution in [3.63, 3.8) is 0 Å². The second-order valence-corrected chi connectivity index (χ2v) is 5.21. The Labute approximate surface area is 114 Å². The lowest BCUT2D eigenvalue weighted by Crippen LogP contribution is -2.23. The van der Waals surface area contributed by atoms with Crippen molar-refractivity contribution in [3.05, 3.63) is 5.82 Å². The fourth-order valence-corrected chi connectivity index (χ4v) is 1.73. The summed E-state index contributed by atoms with van der Waals surface area (Å²) in [6.07, 6.45) is 4.26. The molecule has 108 valence electrons. The maximum atomic E-state index is 13.9. The standard InChI is InChI=1S/C13H24FN5/c1-5-7-8-9(6-2)16-12-18-10(13(3,4)14)17-11(15)19-12/h9H,5-8H2,1-4H3,(H3,15,16,17,18,19). The Bertz CT molecular complexity index is 403. The molecule has 19 heavy (non-hydrogen) atoms. The van der Waals surface area contributed by atoms with E-state index in [2.05, 4.69) is 34.1 Å². The molecule has 6 heteroatoms. The highest BCUT2D eigenvalue weighted by Gasteiger charge is 2.24. The Morgan fingerprint density at radius 3 is 2.47 bits per heavy atom. The second kappa shape index (κ2) is 6.63. The van der Waals surface area contributed by atoms with Crippen LogP contribution in [0.15, 0.2) is 0 Å². The molecule has 5 nitrogen and oxygen atoms in total. The normalized spacial score (nSPS) is 13.3. The average molecular weight is 269 g/mol. The van der Waals surface area contributed by atoms with Crippen molar-refractivity contribution < 1.29 is 4.39 Å². The van der Waals surface area contributed by atoms with E-state index in [4.69, 9.17) is 5.73 Å². The number of hydrogen-bond donors (Lipinski definition) is 2. The van der Waals surface area contributed by atoms with E-state index in [9.17, 15) is 4.39 Å². The first-order valence-electron chi connectivity index (χ1n) is 6.84. The number of nitrogens with zero attached hydrogens (tertiary/aromatic N) is 3. The highest BCUT2D eigenvalue weighted by Crippen LogP contribution is 2.22. The van der Waals surface area contributed by atoms with E-state index in [0.29, 0.717) is 5.95 Å². The van der Waals surface area contributed by atoms with Crippen molar-refractivity contribution >= 4 is 11.9 Å². The van der Waals surface area contributed by atoms with Gasteiger partial charge >= 0.3 is 0 Å². The van der Waals surface area contributed by atoms with E-state index < -0.39 is 5.67 Å². The number of rotatable bonds is 7. The molecule has 0 aliphatic carbocycles. The Morgan fingerprint density at radius 2 is 1.95 bits per heavy atom. The van der Waals surface area contributed by atoms with Gasteiger partial charge in [0.1, 0.15) is 0 Å². The van der Waals surface area contributed by atoms with E-state index in [1.807, 2.05) is 0 Å². The predicted octanol–water partition coefficient (Wildman–Crippen LogP) is 3.04. The van der Waals surface area contributed by atoms with Gasteiger partial charge in [-0.1, -0.05) is 26.7 Å². The van der Waals surface area contributed by atoms with Crippen LogP contribution in [0.2, 0.25) is 0 Å². The molecule has 1 atom stereocenters. The molecule has 1 aromatic rings. The molecule has 1 aromatic heterocycles. The van der Waals surface area contributed by atoms with Gasteiger partial charge in [0.2, 0.25) is 11.9 Å². The highest BCUT2D eigenvalue weighted by molar-refractivity contribution is 5.33. The third kappa shape index (κ3) is 4.96. The van der Waals surface area contributed by atoms with Crippen LogP contribution in [0, 0.1) is 0 Å². The smallest absolute Gasteiger partial charge is 0.228 e. The van der Waals surface area contributed by atoms with Crippen LogP contribution in [0.3, 0.4) is 0 Å². The number of halogens is 1. The largest absolute Gasteiger partial charge is 0.368 e. The third-order valence-electron chi connectivity index (χ3n) is 2.92. The zero-order valence-electron chi connectivity index (χ0n) is 12.2. The molecule has 3 N–H and O–H groups in total. The molecular formula is C13H24FN5. The first-order valence-corrected chi connectivity index (χ1v) is 6.84. The molecule has 1 heterocycles. The zero-order valence-corrected chi connectivity index (χ0v) is 12.2. The van der Waals surface area contributed by atoms with Gasteiger partial charge in [0.05, 0.1) is 0 Å². The molecule has 1 unspecified atom stereocenters. The van der Waals surface area contributed by atoms with E-state index >= 15 is 0 Å². The lowest BCUT2D eigenvalue weighted by molar-refractivity contribution is 0.206. The minimum absolute atomic E-state index is 0.0450. The van der Waals surface area contributed by atoms with Crippen LogP contribution in [-0.4, -0.2) is 21.0 Å². The van der Waals surface area contributed by atoms with Crippen molar-refractivity contribution in [3.8, 4) is 0 Å². The molecule has 0 aromatic carbocycles. The number of nitrogen functional groups attached to an aromatic ring is 1. The minimum atomic E-state index is -1.63. The van der Waals surface area contributed by atoms with Crippen LogP contribution in [0.25, 0.3) is 0 Å². The molecule has 1 rings (SSSR count). The molecule has 0 saturated carbocycles. The predicted molar refractivity (Wildman–Crippen MR) is 75.6 cm³/mol. The quantitative estimate of drug-likeness (QED) is 0.795. The molecule has 0 spiro atoms. The van der Waals surface area contributed by atoms with Gasteiger partial charge in [-0.2, -0.15) is 15.0 Å². The van der Waals surface area contributed by atoms with Gasteiger partial charge in [0.15, 0.2) is 11.5 Å². The molecule has 0 fully saturated rings. The Morgan fingerprint density at radius 1 is 1.26 bits per heavy atom. The van der Waals surface area contributed by atoms with Gasteiger partial charge in [0, 0.05) is 6.04 Å². The van der Waals surface area contributed by atoms with E-state index in [-0.39, 0.29) is 17.8 Å². The van der Waals surface area contributed by atoms with Gasteiger partial charge in [-0.25, -0.2) is 4.39 Å². The second-order valence-electron chi connectivity index (χ2n) is 5.21. The number of unbranched alkanes of at least 4 members (excludes halogenated alkanes) is 1. The summed E-state index contributed by atoms with van der Waals surface area (Å²) in [6, 6.07) is 0.275. The number of alkyl halides is 1. The number of nitrogens with two attached hydrogens (primary N) is 1. The maximum absolute atomic E-state index is 13.9. The van der Waals surface area contributed by atoms with Gasteiger partial charge in [0.25, 0.3) is 0 Å². The van der Waals surface area contributed by atoms with Crippen molar-refractivity contribution in [2.24, 2.45) is 0 Å². The third-order valence-corrected chi connectivity index (χ3v) is 2.92. The summed E-state index contributed by atoms with van der Waals surface area (Å²) in [6.45, 7) is 7.05. The minimum Gasteiger partial charge on any atom is -0.368 e. The van der Waals surface area contributed by atoms with Crippen LogP contribution in [0.4, 0.5) is 16.3 Å². The SMILES string of the molecule is CCCCC(CC)Nc1nc(N)nc(C(C)(C)F)n1. The van der Waals surface area contributed by atoms with Crippen molar-refractivity contribution in [1.82, 2.24) is 15.0 Å². The maximum Gasteiger partial charge on any atom is 0.228 e. The number of hydrogen-bond acceptors (Lipinski definition) is 5. The monoisotopic (exact) mass is 269 g/mol. The topological polar surface area (TPSA) is 76.7 Å². The van der Waals surface area contributed by atoms with Crippen molar-refractivity contribution in [2.75, 3.05) is 11.1 Å². The van der Waals surface area contributed by atoms with Gasteiger partial charge in [-0.05, 0) is 26.7 Å². The Kier molecular flexibility index (Phi) is 5.44. The van der Waals surface area contributed by atoms with Gasteiger partial charge < -0.3 is 11.1 Å². The summed E-state index contributed by atoms with van der Waals surface area (Å²) >= 11 is 0. The van der Waals surface area contributed by atoms with Crippen LogP contribution < -0.4 is 11.1 Å². The van der Waals surface area contributed by atoms with E-state index in [1.54, 1.807) is 0 Å². The van der Waals surface area contributed by atoms with Crippen LogP contribution in [0.1, 0.15) is 59.2 Å². The summed E-state index contributed by atoms with van der Waals surface area (Å²) in [7, 11) is 0. The van der Waals surface area contributed by atoms with E-state index in [0.717, 1.165) is 25.7 Å². The highest BCUT2D eigenvalue weighted by atomic mass is 19.1. The summed E-state index contributed by atoms with van der Waals surface area (Å²) in [5, 5.41) is 3.21. The molecule has 0 aliphatic rings.